The maximum Gasteiger partial charge on any atom is 0.112 e. The van der Waals surface area contributed by atoms with Crippen molar-refractivity contribution in [2.45, 2.75) is 173 Å². The van der Waals surface area contributed by atoms with Crippen LogP contribution in [0.25, 0.3) is 0 Å². The first-order valence-corrected chi connectivity index (χ1v) is 18.8. The number of unbranched alkanes of at least 4 members (excludes halogenated alkanes) is 17. The van der Waals surface area contributed by atoms with Gasteiger partial charge in [0.05, 0.1) is 0 Å². The predicted octanol–water partition coefficient (Wildman–Crippen LogP) is 13.0. The standard InChI is InChI=1S/C42H66N2/c1-4-6-8-9-10-11-12-13-14-15-16-17-18-19-20-21-28-33-40(41-43-34-36-44(41)35-7-5-2)42(3,39-31-26-23-27-32-39)37-38-29-24-22-25-30-38/h22-27,29-32,34,36,40H,4-21,28,33,35,37H2,1-3H3. The number of rotatable bonds is 26. The highest BCUT2D eigenvalue weighted by atomic mass is 15.1. The average molecular weight is 599 g/mol. The third kappa shape index (κ3) is 12.9. The number of hydrogen-bond acceptors (Lipinski definition) is 1. The molecule has 0 spiro atoms. The summed E-state index contributed by atoms with van der Waals surface area (Å²) in [7, 11) is 0. The highest BCUT2D eigenvalue weighted by molar-refractivity contribution is 5.33. The van der Waals surface area contributed by atoms with Crippen LogP contribution in [-0.2, 0) is 18.4 Å². The van der Waals surface area contributed by atoms with E-state index in [1.807, 2.05) is 6.20 Å². The SMILES string of the molecule is CCCCCCCCCCCCCCCCCCCC(c1nccn1CCCC)C(C)(Cc1ccccc1)c1ccccc1. The quantitative estimate of drug-likeness (QED) is 0.0840. The maximum absolute atomic E-state index is 5.06. The summed E-state index contributed by atoms with van der Waals surface area (Å²) in [5, 5.41) is 0. The molecule has 1 heterocycles. The molecule has 44 heavy (non-hydrogen) atoms. The second-order valence-corrected chi connectivity index (χ2v) is 13.8. The van der Waals surface area contributed by atoms with E-state index in [4.69, 9.17) is 4.98 Å². The van der Waals surface area contributed by atoms with Crippen molar-refractivity contribution in [2.24, 2.45) is 0 Å². The molecule has 244 valence electrons. The fourth-order valence-corrected chi connectivity index (χ4v) is 7.22. The lowest BCUT2D eigenvalue weighted by molar-refractivity contribution is 0.321. The van der Waals surface area contributed by atoms with Gasteiger partial charge in [0.2, 0.25) is 0 Å². The van der Waals surface area contributed by atoms with Crippen molar-refractivity contribution < 1.29 is 0 Å². The average Bonchev–Trinajstić information content (AvgIpc) is 3.52. The third-order valence-electron chi connectivity index (χ3n) is 10.0. The van der Waals surface area contributed by atoms with Crippen LogP contribution >= 0.6 is 0 Å². The van der Waals surface area contributed by atoms with E-state index >= 15 is 0 Å². The largest absolute Gasteiger partial charge is 0.335 e. The molecule has 3 aromatic rings. The number of aryl methyl sites for hydroxylation is 1. The van der Waals surface area contributed by atoms with Crippen LogP contribution < -0.4 is 0 Å². The Morgan fingerprint density at radius 3 is 1.59 bits per heavy atom. The van der Waals surface area contributed by atoms with E-state index in [-0.39, 0.29) is 5.41 Å². The highest BCUT2D eigenvalue weighted by Crippen LogP contribution is 2.44. The van der Waals surface area contributed by atoms with Crippen LogP contribution in [-0.4, -0.2) is 9.55 Å². The zero-order valence-electron chi connectivity index (χ0n) is 29.0. The molecule has 3 rings (SSSR count). The van der Waals surface area contributed by atoms with Crippen LogP contribution in [0.1, 0.15) is 172 Å². The third-order valence-corrected chi connectivity index (χ3v) is 10.0. The Bertz CT molecular complexity index is 1070. The molecule has 2 atom stereocenters. The maximum atomic E-state index is 5.06. The van der Waals surface area contributed by atoms with Gasteiger partial charge in [-0.15, -0.1) is 0 Å². The van der Waals surface area contributed by atoms with Crippen molar-refractivity contribution in [1.82, 2.24) is 9.55 Å². The molecular weight excluding hydrogens is 532 g/mol. The van der Waals surface area contributed by atoms with E-state index < -0.39 is 0 Å². The molecule has 0 aliphatic carbocycles. The minimum Gasteiger partial charge on any atom is -0.335 e. The summed E-state index contributed by atoms with van der Waals surface area (Å²) >= 11 is 0. The molecular formula is C42H66N2. The Balaban J connectivity index is 1.48. The molecule has 2 heteroatoms. The van der Waals surface area contributed by atoms with Crippen LogP contribution in [0.3, 0.4) is 0 Å². The normalized spacial score (nSPS) is 13.6. The lowest BCUT2D eigenvalue weighted by Gasteiger charge is -2.39. The van der Waals surface area contributed by atoms with Crippen molar-refractivity contribution >= 4 is 0 Å². The van der Waals surface area contributed by atoms with Gasteiger partial charge in [-0.05, 0) is 30.4 Å². The number of aromatic nitrogens is 2. The van der Waals surface area contributed by atoms with Crippen LogP contribution in [0.4, 0.5) is 0 Å². The number of hydrogen-bond donors (Lipinski definition) is 0. The molecule has 0 bridgehead atoms. The molecule has 0 radical (unpaired) electrons. The van der Waals surface area contributed by atoms with Gasteiger partial charge in [-0.25, -0.2) is 4.98 Å². The van der Waals surface area contributed by atoms with Crippen molar-refractivity contribution in [3.05, 3.63) is 90.0 Å². The lowest BCUT2D eigenvalue weighted by atomic mass is 9.66. The predicted molar refractivity (Wildman–Crippen MR) is 193 cm³/mol. The monoisotopic (exact) mass is 599 g/mol. The van der Waals surface area contributed by atoms with Gasteiger partial charge in [0.25, 0.3) is 0 Å². The number of imidazole rings is 1. The summed E-state index contributed by atoms with van der Waals surface area (Å²) in [5.41, 5.74) is 2.83. The Morgan fingerprint density at radius 2 is 1.07 bits per heavy atom. The van der Waals surface area contributed by atoms with E-state index in [1.54, 1.807) is 0 Å². The van der Waals surface area contributed by atoms with Crippen molar-refractivity contribution in [3.8, 4) is 0 Å². The molecule has 0 amide bonds. The summed E-state index contributed by atoms with van der Waals surface area (Å²) in [4.78, 5) is 5.06. The fourth-order valence-electron chi connectivity index (χ4n) is 7.22. The molecule has 2 unspecified atom stereocenters. The van der Waals surface area contributed by atoms with E-state index in [9.17, 15) is 0 Å². The van der Waals surface area contributed by atoms with Crippen LogP contribution in [0.15, 0.2) is 73.1 Å². The van der Waals surface area contributed by atoms with Gasteiger partial charge < -0.3 is 4.57 Å². The first-order chi connectivity index (χ1) is 21.7. The van der Waals surface area contributed by atoms with Crippen molar-refractivity contribution in [2.75, 3.05) is 0 Å². The second kappa shape index (κ2) is 22.2. The Hall–Kier alpha value is -2.35. The summed E-state index contributed by atoms with van der Waals surface area (Å²) in [6.07, 6.45) is 33.0. The van der Waals surface area contributed by atoms with Crippen molar-refractivity contribution in [1.29, 1.82) is 0 Å². The van der Waals surface area contributed by atoms with Gasteiger partial charge in [-0.3, -0.25) is 0 Å². The Morgan fingerprint density at radius 1 is 0.591 bits per heavy atom. The summed E-state index contributed by atoms with van der Waals surface area (Å²) in [5.74, 6) is 1.67. The Labute approximate surface area is 272 Å². The molecule has 0 saturated heterocycles. The fraction of sp³-hybridized carbons (Fsp3) is 0.643. The van der Waals surface area contributed by atoms with Crippen LogP contribution in [0.2, 0.25) is 0 Å². The van der Waals surface area contributed by atoms with E-state index in [0.29, 0.717) is 5.92 Å². The molecule has 0 N–H and O–H groups in total. The number of nitrogens with zero attached hydrogens (tertiary/aromatic N) is 2. The zero-order valence-corrected chi connectivity index (χ0v) is 29.0. The first kappa shape index (κ1) is 36.1. The highest BCUT2D eigenvalue weighted by Gasteiger charge is 2.39. The second-order valence-electron chi connectivity index (χ2n) is 13.8. The zero-order chi connectivity index (χ0) is 31.1. The van der Waals surface area contributed by atoms with Gasteiger partial charge in [0.15, 0.2) is 0 Å². The molecule has 0 aliphatic heterocycles. The van der Waals surface area contributed by atoms with Gasteiger partial charge in [-0.1, -0.05) is 197 Å². The topological polar surface area (TPSA) is 17.8 Å². The van der Waals surface area contributed by atoms with Gasteiger partial charge in [0.1, 0.15) is 5.82 Å². The van der Waals surface area contributed by atoms with Gasteiger partial charge in [-0.2, -0.15) is 0 Å². The molecule has 2 aromatic carbocycles. The van der Waals surface area contributed by atoms with Gasteiger partial charge in [0, 0.05) is 30.3 Å². The molecule has 1 aromatic heterocycles. The Kier molecular flexibility index (Phi) is 18.2. The van der Waals surface area contributed by atoms with E-state index in [0.717, 1.165) is 13.0 Å². The number of benzene rings is 2. The van der Waals surface area contributed by atoms with Crippen molar-refractivity contribution in [3.63, 3.8) is 0 Å². The molecule has 0 saturated carbocycles. The summed E-state index contributed by atoms with van der Waals surface area (Å²) in [6, 6.07) is 22.4. The molecule has 0 fully saturated rings. The summed E-state index contributed by atoms with van der Waals surface area (Å²) in [6.45, 7) is 8.16. The lowest BCUT2D eigenvalue weighted by Crippen LogP contribution is -2.35. The smallest absolute Gasteiger partial charge is 0.112 e. The van der Waals surface area contributed by atoms with Gasteiger partial charge >= 0.3 is 0 Å². The molecule has 2 nitrogen and oxygen atoms in total. The minimum absolute atomic E-state index is 0.0208. The first-order valence-electron chi connectivity index (χ1n) is 18.8. The van der Waals surface area contributed by atoms with E-state index in [2.05, 4.69) is 92.2 Å². The van der Waals surface area contributed by atoms with Crippen LogP contribution in [0, 0.1) is 0 Å². The van der Waals surface area contributed by atoms with Crippen LogP contribution in [0.5, 0.6) is 0 Å². The molecule has 0 aliphatic rings. The van der Waals surface area contributed by atoms with E-state index in [1.165, 1.54) is 145 Å². The summed E-state index contributed by atoms with van der Waals surface area (Å²) < 4.78 is 2.47. The minimum atomic E-state index is -0.0208.